The largest absolute Gasteiger partial charge is 0.330 e. The lowest BCUT2D eigenvalue weighted by atomic mass is 10.0. The quantitative estimate of drug-likeness (QED) is 0.606. The Labute approximate surface area is 88.5 Å². The molecule has 1 unspecified atom stereocenters. The predicted molar refractivity (Wildman–Crippen MR) is 58.5 cm³/mol. The summed E-state index contributed by atoms with van der Waals surface area (Å²) in [6, 6.07) is 0. The van der Waals surface area contributed by atoms with Gasteiger partial charge in [0, 0.05) is 11.9 Å². The molecule has 0 bridgehead atoms. The van der Waals surface area contributed by atoms with E-state index in [1.807, 2.05) is 12.5 Å². The fourth-order valence-electron chi connectivity index (χ4n) is 2.02. The third-order valence-electron chi connectivity index (χ3n) is 2.75. The molecule has 3 nitrogen and oxygen atoms in total. The van der Waals surface area contributed by atoms with Crippen LogP contribution in [0.1, 0.15) is 30.0 Å². The van der Waals surface area contributed by atoms with Crippen molar-refractivity contribution in [3.63, 3.8) is 0 Å². The molecule has 0 saturated carbocycles. The SMILES string of the molecule is CSc1ncc2c(n1)CCC2CCN. The Hall–Kier alpha value is -0.610. The van der Waals surface area contributed by atoms with Gasteiger partial charge < -0.3 is 5.73 Å². The van der Waals surface area contributed by atoms with Crippen LogP contribution >= 0.6 is 11.8 Å². The second-order valence-corrected chi connectivity index (χ2v) is 4.35. The highest BCUT2D eigenvalue weighted by atomic mass is 32.2. The maximum atomic E-state index is 5.58. The van der Waals surface area contributed by atoms with Crippen LogP contribution in [0.25, 0.3) is 0 Å². The molecule has 1 aliphatic carbocycles. The van der Waals surface area contributed by atoms with Crippen LogP contribution in [0.5, 0.6) is 0 Å². The molecule has 2 rings (SSSR count). The van der Waals surface area contributed by atoms with Gasteiger partial charge in [-0.3, -0.25) is 0 Å². The minimum Gasteiger partial charge on any atom is -0.330 e. The lowest BCUT2D eigenvalue weighted by molar-refractivity contribution is 0.626. The summed E-state index contributed by atoms with van der Waals surface area (Å²) in [5.74, 6) is 0.603. The van der Waals surface area contributed by atoms with Crippen LogP contribution in [0.4, 0.5) is 0 Å². The van der Waals surface area contributed by atoms with E-state index in [1.165, 1.54) is 17.7 Å². The third kappa shape index (κ3) is 1.77. The summed E-state index contributed by atoms with van der Waals surface area (Å²) in [6.07, 6.45) is 7.35. The van der Waals surface area contributed by atoms with E-state index in [0.29, 0.717) is 5.92 Å². The molecule has 0 radical (unpaired) electrons. The van der Waals surface area contributed by atoms with Crippen molar-refractivity contribution in [2.24, 2.45) is 5.73 Å². The summed E-state index contributed by atoms with van der Waals surface area (Å²) in [6.45, 7) is 0.758. The standard InChI is InChI=1S/C10H15N3S/c1-14-10-12-6-8-7(4-5-11)2-3-9(8)13-10/h6-7H,2-5,11H2,1H3. The van der Waals surface area contributed by atoms with E-state index < -0.39 is 0 Å². The van der Waals surface area contributed by atoms with E-state index in [0.717, 1.165) is 24.5 Å². The minimum absolute atomic E-state index is 0.603. The zero-order valence-electron chi connectivity index (χ0n) is 8.36. The number of fused-ring (bicyclic) bond motifs is 1. The number of thioether (sulfide) groups is 1. The number of nitrogens with zero attached hydrogens (tertiary/aromatic N) is 2. The molecule has 0 spiro atoms. The van der Waals surface area contributed by atoms with Crippen LogP contribution in [0, 0.1) is 0 Å². The van der Waals surface area contributed by atoms with Crippen molar-refractivity contribution in [1.82, 2.24) is 9.97 Å². The molecule has 1 aliphatic rings. The van der Waals surface area contributed by atoms with Crippen molar-refractivity contribution in [3.8, 4) is 0 Å². The van der Waals surface area contributed by atoms with Gasteiger partial charge in [-0.25, -0.2) is 9.97 Å². The van der Waals surface area contributed by atoms with Gasteiger partial charge in [-0.1, -0.05) is 11.8 Å². The molecule has 0 aromatic carbocycles. The zero-order valence-corrected chi connectivity index (χ0v) is 9.18. The van der Waals surface area contributed by atoms with Gasteiger partial charge in [0.2, 0.25) is 0 Å². The van der Waals surface area contributed by atoms with Crippen LogP contribution in [-0.4, -0.2) is 22.8 Å². The molecule has 0 fully saturated rings. The Morgan fingerprint density at radius 3 is 3.21 bits per heavy atom. The summed E-state index contributed by atoms with van der Waals surface area (Å²) >= 11 is 1.60. The van der Waals surface area contributed by atoms with Crippen molar-refractivity contribution < 1.29 is 0 Å². The smallest absolute Gasteiger partial charge is 0.187 e. The first-order valence-electron chi connectivity index (χ1n) is 4.95. The summed E-state index contributed by atoms with van der Waals surface area (Å²) in [5, 5.41) is 0.886. The normalized spacial score (nSPS) is 19.7. The monoisotopic (exact) mass is 209 g/mol. The molecule has 76 valence electrons. The van der Waals surface area contributed by atoms with Gasteiger partial charge in [0.25, 0.3) is 0 Å². The highest BCUT2D eigenvalue weighted by Crippen LogP contribution is 2.33. The van der Waals surface area contributed by atoms with Crippen LogP contribution in [0.2, 0.25) is 0 Å². The predicted octanol–water partition coefficient (Wildman–Crippen LogP) is 1.58. The Bertz CT molecular complexity index is 327. The van der Waals surface area contributed by atoms with Crippen LogP contribution < -0.4 is 5.73 Å². The Kier molecular flexibility index (Phi) is 3.03. The first kappa shape index (κ1) is 9.93. The fraction of sp³-hybridized carbons (Fsp3) is 0.600. The van der Waals surface area contributed by atoms with E-state index in [4.69, 9.17) is 5.73 Å². The van der Waals surface area contributed by atoms with Gasteiger partial charge in [0.15, 0.2) is 5.16 Å². The highest BCUT2D eigenvalue weighted by Gasteiger charge is 2.23. The minimum atomic E-state index is 0.603. The molecule has 1 aromatic rings. The molecule has 0 amide bonds. The molecule has 0 saturated heterocycles. The first-order valence-corrected chi connectivity index (χ1v) is 6.17. The molecule has 1 heterocycles. The van der Waals surface area contributed by atoms with E-state index in [1.54, 1.807) is 11.8 Å². The van der Waals surface area contributed by atoms with Crippen molar-refractivity contribution in [2.45, 2.75) is 30.3 Å². The Morgan fingerprint density at radius 2 is 2.50 bits per heavy atom. The lowest BCUT2D eigenvalue weighted by Crippen LogP contribution is -2.05. The Morgan fingerprint density at radius 1 is 1.64 bits per heavy atom. The van der Waals surface area contributed by atoms with Crippen molar-refractivity contribution in [1.29, 1.82) is 0 Å². The lowest BCUT2D eigenvalue weighted by Gasteiger charge is -2.08. The number of aromatic nitrogens is 2. The van der Waals surface area contributed by atoms with E-state index in [2.05, 4.69) is 9.97 Å². The number of nitrogens with two attached hydrogens (primary N) is 1. The van der Waals surface area contributed by atoms with Gasteiger partial charge in [0.05, 0.1) is 0 Å². The van der Waals surface area contributed by atoms with Crippen LogP contribution in [-0.2, 0) is 6.42 Å². The molecular formula is C10H15N3S. The maximum Gasteiger partial charge on any atom is 0.187 e. The number of aryl methyl sites for hydroxylation is 1. The first-order chi connectivity index (χ1) is 6.85. The number of hydrogen-bond donors (Lipinski definition) is 1. The second-order valence-electron chi connectivity index (χ2n) is 3.57. The van der Waals surface area contributed by atoms with Gasteiger partial charge in [0.1, 0.15) is 0 Å². The second kappa shape index (κ2) is 4.28. The van der Waals surface area contributed by atoms with Gasteiger partial charge >= 0.3 is 0 Å². The van der Waals surface area contributed by atoms with Crippen molar-refractivity contribution in [2.75, 3.05) is 12.8 Å². The maximum absolute atomic E-state index is 5.58. The van der Waals surface area contributed by atoms with Crippen LogP contribution in [0.15, 0.2) is 11.4 Å². The topological polar surface area (TPSA) is 51.8 Å². The third-order valence-corrected chi connectivity index (χ3v) is 3.31. The Balaban J connectivity index is 2.24. The number of rotatable bonds is 3. The van der Waals surface area contributed by atoms with Crippen molar-refractivity contribution >= 4 is 11.8 Å². The van der Waals surface area contributed by atoms with Crippen LogP contribution in [0.3, 0.4) is 0 Å². The van der Waals surface area contributed by atoms with E-state index >= 15 is 0 Å². The molecular weight excluding hydrogens is 194 g/mol. The number of hydrogen-bond acceptors (Lipinski definition) is 4. The molecule has 1 atom stereocenters. The van der Waals surface area contributed by atoms with E-state index in [-0.39, 0.29) is 0 Å². The molecule has 14 heavy (non-hydrogen) atoms. The fourth-order valence-corrected chi connectivity index (χ4v) is 2.37. The van der Waals surface area contributed by atoms with Crippen molar-refractivity contribution in [3.05, 3.63) is 17.5 Å². The molecule has 1 aromatic heterocycles. The highest BCUT2D eigenvalue weighted by molar-refractivity contribution is 7.98. The average molecular weight is 209 g/mol. The van der Waals surface area contributed by atoms with Gasteiger partial charge in [-0.05, 0) is 43.5 Å². The average Bonchev–Trinajstić information content (AvgIpc) is 2.61. The molecule has 0 aliphatic heterocycles. The van der Waals surface area contributed by atoms with E-state index in [9.17, 15) is 0 Å². The molecule has 2 N–H and O–H groups in total. The summed E-state index contributed by atoms with van der Waals surface area (Å²) in [5.41, 5.74) is 8.14. The summed E-state index contributed by atoms with van der Waals surface area (Å²) < 4.78 is 0. The summed E-state index contributed by atoms with van der Waals surface area (Å²) in [7, 11) is 0. The van der Waals surface area contributed by atoms with Gasteiger partial charge in [-0.2, -0.15) is 0 Å². The summed E-state index contributed by atoms with van der Waals surface area (Å²) in [4.78, 5) is 8.83. The molecule has 4 heteroatoms. The van der Waals surface area contributed by atoms with Gasteiger partial charge in [-0.15, -0.1) is 0 Å². The zero-order chi connectivity index (χ0) is 9.97.